The minimum atomic E-state index is -2.68. The molecule has 0 aromatic heterocycles. The quantitative estimate of drug-likeness (QED) is 0.416. The van der Waals surface area contributed by atoms with Gasteiger partial charge in [-0.25, -0.2) is 18.8 Å². The van der Waals surface area contributed by atoms with Crippen LogP contribution in [0, 0.1) is 0 Å². The summed E-state index contributed by atoms with van der Waals surface area (Å²) in [5.41, 5.74) is 0.525. The first-order valence-corrected chi connectivity index (χ1v) is 7.06. The predicted octanol–water partition coefficient (Wildman–Crippen LogP) is -1.06. The van der Waals surface area contributed by atoms with Gasteiger partial charge in [0.05, 0.1) is 19.3 Å². The number of rotatable bonds is 6. The van der Waals surface area contributed by atoms with E-state index in [9.17, 15) is 23.6 Å². The number of alkyl halides is 1. The van der Waals surface area contributed by atoms with Crippen LogP contribution in [0.3, 0.4) is 0 Å². The first kappa shape index (κ1) is 17.7. The van der Waals surface area contributed by atoms with E-state index in [-0.39, 0.29) is 19.1 Å². The molecule has 1 fully saturated rings. The van der Waals surface area contributed by atoms with Crippen molar-refractivity contribution in [2.75, 3.05) is 13.2 Å². The average Bonchev–Trinajstić information content (AvgIpc) is 2.72. The van der Waals surface area contributed by atoms with Gasteiger partial charge in [0, 0.05) is 6.92 Å². The van der Waals surface area contributed by atoms with Crippen LogP contribution in [0.15, 0.2) is 11.6 Å². The Kier molecular flexibility index (Phi) is 5.02. The largest absolute Gasteiger partial charge is 0.477 e. The summed E-state index contributed by atoms with van der Waals surface area (Å²) in [5, 5.41) is 14.0. The van der Waals surface area contributed by atoms with Gasteiger partial charge in [0.15, 0.2) is 0 Å². The van der Waals surface area contributed by atoms with E-state index in [0.29, 0.717) is 10.6 Å². The SMILES string of the molecule is CC(=O)NCNC(=O)[C@@H]1C(C)=C[C@H]2CN1C(=O)N2O[C@@H](F)C(=O)O. The Bertz CT molecular complexity index is 609. The highest BCUT2D eigenvalue weighted by Crippen LogP contribution is 2.30. The normalized spacial score (nSPS) is 23.6. The smallest absolute Gasteiger partial charge is 0.368 e. The Labute approximate surface area is 136 Å². The molecule has 10 nitrogen and oxygen atoms in total. The van der Waals surface area contributed by atoms with Crippen LogP contribution >= 0.6 is 0 Å². The van der Waals surface area contributed by atoms with E-state index in [1.807, 2.05) is 0 Å². The number of nitrogens with one attached hydrogen (secondary N) is 2. The second-order valence-corrected chi connectivity index (χ2v) is 5.35. The number of carboxylic acid groups (broad SMARTS) is 1. The number of hydroxylamine groups is 2. The third kappa shape index (κ3) is 3.45. The Balaban J connectivity index is 2.08. The summed E-state index contributed by atoms with van der Waals surface area (Å²) >= 11 is 0. The fourth-order valence-corrected chi connectivity index (χ4v) is 2.57. The highest BCUT2D eigenvalue weighted by molar-refractivity contribution is 5.91. The molecule has 2 heterocycles. The van der Waals surface area contributed by atoms with Crippen molar-refractivity contribution in [2.45, 2.75) is 32.3 Å². The van der Waals surface area contributed by atoms with Gasteiger partial charge < -0.3 is 20.6 Å². The third-order valence-electron chi connectivity index (χ3n) is 3.57. The van der Waals surface area contributed by atoms with E-state index in [1.54, 1.807) is 13.0 Å². The second kappa shape index (κ2) is 6.83. The number of nitrogens with zero attached hydrogens (tertiary/aromatic N) is 2. The maximum absolute atomic E-state index is 13.2. The van der Waals surface area contributed by atoms with Crippen LogP contribution in [0.5, 0.6) is 0 Å². The number of carbonyl (C=O) groups is 4. The number of carbonyl (C=O) groups excluding carboxylic acids is 3. The van der Waals surface area contributed by atoms with Gasteiger partial charge >= 0.3 is 18.4 Å². The van der Waals surface area contributed by atoms with Crippen molar-refractivity contribution >= 4 is 23.8 Å². The number of halogens is 1. The summed E-state index contributed by atoms with van der Waals surface area (Å²) in [6, 6.07) is -2.44. The number of hydrogen-bond acceptors (Lipinski definition) is 5. The summed E-state index contributed by atoms with van der Waals surface area (Å²) in [6.45, 7) is 2.86. The summed E-state index contributed by atoms with van der Waals surface area (Å²) < 4.78 is 13.2. The van der Waals surface area contributed by atoms with Crippen LogP contribution in [0.2, 0.25) is 0 Å². The predicted molar refractivity (Wildman–Crippen MR) is 75.7 cm³/mol. The third-order valence-corrected chi connectivity index (χ3v) is 3.57. The van der Waals surface area contributed by atoms with Crippen molar-refractivity contribution < 1.29 is 33.5 Å². The molecule has 24 heavy (non-hydrogen) atoms. The Hall–Kier alpha value is -2.69. The minimum absolute atomic E-state index is 0.0563. The van der Waals surface area contributed by atoms with Crippen molar-refractivity contribution in [1.82, 2.24) is 20.6 Å². The lowest BCUT2D eigenvalue weighted by Crippen LogP contribution is -2.51. The Morgan fingerprint density at radius 3 is 2.71 bits per heavy atom. The summed E-state index contributed by atoms with van der Waals surface area (Å²) in [5.74, 6) is -2.71. The number of amides is 4. The zero-order chi connectivity index (χ0) is 18.0. The zero-order valence-corrected chi connectivity index (χ0v) is 13.0. The van der Waals surface area contributed by atoms with Gasteiger partial charge in [-0.1, -0.05) is 6.08 Å². The van der Waals surface area contributed by atoms with E-state index in [4.69, 9.17) is 5.11 Å². The molecule has 132 valence electrons. The van der Waals surface area contributed by atoms with E-state index in [1.165, 1.54) is 6.92 Å². The topological polar surface area (TPSA) is 128 Å². The summed E-state index contributed by atoms with van der Waals surface area (Å²) in [6.07, 6.45) is -1.14. The maximum atomic E-state index is 13.2. The van der Waals surface area contributed by atoms with Gasteiger partial charge in [-0.3, -0.25) is 9.59 Å². The van der Waals surface area contributed by atoms with Crippen LogP contribution < -0.4 is 10.6 Å². The highest BCUT2D eigenvalue weighted by Gasteiger charge is 2.48. The van der Waals surface area contributed by atoms with Gasteiger partial charge in [0.2, 0.25) is 11.8 Å². The number of urea groups is 1. The zero-order valence-electron chi connectivity index (χ0n) is 13.0. The molecule has 3 N–H and O–H groups in total. The fraction of sp³-hybridized carbons (Fsp3) is 0.538. The van der Waals surface area contributed by atoms with E-state index in [2.05, 4.69) is 15.5 Å². The second-order valence-electron chi connectivity index (χ2n) is 5.35. The number of fused-ring (bicyclic) bond motifs is 2. The average molecular weight is 344 g/mol. The van der Waals surface area contributed by atoms with E-state index >= 15 is 0 Å². The molecular formula is C13H17FN4O6. The molecule has 0 aromatic rings. The lowest BCUT2D eigenvalue weighted by Gasteiger charge is -2.29. The van der Waals surface area contributed by atoms with Crippen LogP contribution in [-0.2, 0) is 19.2 Å². The van der Waals surface area contributed by atoms with Crippen molar-refractivity contribution in [1.29, 1.82) is 0 Å². The molecule has 2 rings (SSSR count). The first-order chi connectivity index (χ1) is 11.2. The first-order valence-electron chi connectivity index (χ1n) is 7.06. The van der Waals surface area contributed by atoms with Crippen molar-refractivity contribution in [2.24, 2.45) is 0 Å². The highest BCUT2D eigenvalue weighted by atomic mass is 19.1. The van der Waals surface area contributed by atoms with Crippen LogP contribution in [0.4, 0.5) is 9.18 Å². The van der Waals surface area contributed by atoms with Crippen LogP contribution in [0.25, 0.3) is 0 Å². The fourth-order valence-electron chi connectivity index (χ4n) is 2.57. The molecule has 0 radical (unpaired) electrons. The van der Waals surface area contributed by atoms with E-state index in [0.717, 1.165) is 4.90 Å². The molecule has 2 aliphatic heterocycles. The molecule has 2 aliphatic rings. The van der Waals surface area contributed by atoms with E-state index < -0.39 is 36.3 Å². The minimum Gasteiger partial charge on any atom is -0.477 e. The molecule has 0 aromatic carbocycles. The lowest BCUT2D eigenvalue weighted by atomic mass is 10.00. The molecule has 0 unspecified atom stereocenters. The standard InChI is InChI=1S/C13H17FN4O6/c1-6-3-8-4-17(9(6)11(20)16-5-15-7(2)19)13(23)18(8)24-10(14)12(21)22/h3,8-10H,4-5H2,1-2H3,(H,15,19)(H,16,20)(H,21,22)/t8-,9-,10+/m0/s1. The molecule has 4 amide bonds. The van der Waals surface area contributed by atoms with Gasteiger partial charge in [-0.15, -0.1) is 0 Å². The summed E-state index contributed by atoms with van der Waals surface area (Å²) in [4.78, 5) is 51.5. The summed E-state index contributed by atoms with van der Waals surface area (Å²) in [7, 11) is 0. The molecule has 0 aliphatic carbocycles. The van der Waals surface area contributed by atoms with Gasteiger partial charge in [0.25, 0.3) is 0 Å². The number of aliphatic carboxylic acids is 1. The van der Waals surface area contributed by atoms with Crippen LogP contribution in [-0.4, -0.2) is 70.5 Å². The molecular weight excluding hydrogens is 327 g/mol. The Morgan fingerprint density at radius 1 is 1.46 bits per heavy atom. The Morgan fingerprint density at radius 2 is 2.12 bits per heavy atom. The number of hydrogen-bond donors (Lipinski definition) is 3. The molecule has 0 spiro atoms. The molecule has 3 atom stereocenters. The number of carboxylic acids is 1. The van der Waals surface area contributed by atoms with Crippen LogP contribution in [0.1, 0.15) is 13.8 Å². The van der Waals surface area contributed by atoms with Gasteiger partial charge in [-0.2, -0.15) is 5.06 Å². The molecule has 11 heteroatoms. The van der Waals surface area contributed by atoms with Gasteiger partial charge in [-0.05, 0) is 12.5 Å². The van der Waals surface area contributed by atoms with Gasteiger partial charge in [0.1, 0.15) is 6.04 Å². The maximum Gasteiger partial charge on any atom is 0.368 e. The van der Waals surface area contributed by atoms with Crippen molar-refractivity contribution in [3.63, 3.8) is 0 Å². The van der Waals surface area contributed by atoms with Crippen molar-refractivity contribution in [3.8, 4) is 0 Å². The molecule has 1 saturated heterocycles. The van der Waals surface area contributed by atoms with Crippen molar-refractivity contribution in [3.05, 3.63) is 11.6 Å². The molecule has 0 saturated carbocycles. The lowest BCUT2D eigenvalue weighted by molar-refractivity contribution is -0.219. The molecule has 2 bridgehead atoms. The monoisotopic (exact) mass is 344 g/mol.